The van der Waals surface area contributed by atoms with Crippen LogP contribution in [0.2, 0.25) is 0 Å². The average Bonchev–Trinajstić information content (AvgIpc) is 2.25. The van der Waals surface area contributed by atoms with Crippen molar-refractivity contribution in [1.29, 1.82) is 0 Å². The molecule has 0 aliphatic rings. The lowest BCUT2D eigenvalue weighted by Gasteiger charge is -2.08. The molecule has 8 nitrogen and oxygen atoms in total. The number of aromatic nitrogens is 1. The number of nitrogens with two attached hydrogens (primary N) is 1. The Hall–Kier alpha value is -1.88. The molecule has 0 amide bonds. The molecule has 1 heterocycles. The van der Waals surface area contributed by atoms with Gasteiger partial charge in [0.1, 0.15) is 5.69 Å². The molecule has 2 N–H and O–H groups in total. The highest BCUT2D eigenvalue weighted by Crippen LogP contribution is 2.35. The number of alkyl halides is 2. The molecule has 1 rings (SSSR count). The summed E-state index contributed by atoms with van der Waals surface area (Å²) in [6.07, 6.45) is -3.19. The fourth-order valence-electron chi connectivity index (χ4n) is 1.15. The summed E-state index contributed by atoms with van der Waals surface area (Å²) in [5, 5.41) is 14.3. The van der Waals surface area contributed by atoms with Gasteiger partial charge < -0.3 is 4.74 Å². The summed E-state index contributed by atoms with van der Waals surface area (Å²) < 4.78 is 51.7. The topological polar surface area (TPSA) is 125 Å². The Morgan fingerprint density at radius 1 is 1.56 bits per heavy atom. The third kappa shape index (κ3) is 2.68. The number of pyridine rings is 1. The van der Waals surface area contributed by atoms with Gasteiger partial charge in [0.25, 0.3) is 16.4 Å². The van der Waals surface area contributed by atoms with Gasteiger partial charge in [-0.3, -0.25) is 10.1 Å². The largest absolute Gasteiger partial charge is 0.488 e. The molecule has 1 aromatic heterocycles. The van der Waals surface area contributed by atoms with E-state index in [4.69, 9.17) is 5.14 Å². The van der Waals surface area contributed by atoms with Gasteiger partial charge in [-0.1, -0.05) is 0 Å². The first kappa shape index (κ1) is 14.2. The van der Waals surface area contributed by atoms with Crippen molar-refractivity contribution < 1.29 is 26.9 Å². The Bertz CT molecular complexity index is 589. The molecule has 0 atom stereocenters. The van der Waals surface area contributed by atoms with Gasteiger partial charge in [-0.05, 0) is 0 Å². The summed E-state index contributed by atoms with van der Waals surface area (Å²) in [5.41, 5.74) is -2.03. The first-order valence-electron chi connectivity index (χ1n) is 4.22. The fraction of sp³-hybridized carbons (Fsp3) is 0.286. The quantitative estimate of drug-likeness (QED) is 0.636. The zero-order chi connectivity index (χ0) is 14.1. The molecule has 0 aliphatic carbocycles. The Kier molecular flexibility index (Phi) is 3.76. The molecule has 0 unspecified atom stereocenters. The summed E-state index contributed by atoms with van der Waals surface area (Å²) in [6, 6.07) is 0.429. The fourth-order valence-corrected chi connectivity index (χ4v) is 1.83. The second-order valence-electron chi connectivity index (χ2n) is 3.01. The van der Waals surface area contributed by atoms with E-state index in [1.165, 1.54) is 0 Å². The normalized spacial score (nSPS) is 11.6. The average molecular weight is 283 g/mol. The van der Waals surface area contributed by atoms with Crippen LogP contribution in [0.3, 0.4) is 0 Å². The Morgan fingerprint density at radius 2 is 2.11 bits per heavy atom. The van der Waals surface area contributed by atoms with Gasteiger partial charge in [0.05, 0.1) is 12.0 Å². The predicted octanol–water partition coefficient (Wildman–Crippen LogP) is 0.583. The monoisotopic (exact) mass is 283 g/mol. The number of sulfonamides is 1. The highest BCUT2D eigenvalue weighted by molar-refractivity contribution is 7.89. The van der Waals surface area contributed by atoms with Crippen LogP contribution in [0.4, 0.5) is 14.5 Å². The van der Waals surface area contributed by atoms with Crippen molar-refractivity contribution in [3.63, 3.8) is 0 Å². The van der Waals surface area contributed by atoms with E-state index >= 15 is 0 Å². The second-order valence-corrected chi connectivity index (χ2v) is 4.48. The van der Waals surface area contributed by atoms with Crippen LogP contribution in [0.25, 0.3) is 0 Å². The first-order chi connectivity index (χ1) is 8.18. The van der Waals surface area contributed by atoms with Crippen molar-refractivity contribution in [1.82, 2.24) is 4.98 Å². The summed E-state index contributed by atoms with van der Waals surface area (Å²) in [4.78, 5) is 12.6. The van der Waals surface area contributed by atoms with Crippen LogP contribution in [0.1, 0.15) is 12.1 Å². The third-order valence-corrected chi connectivity index (χ3v) is 2.65. The number of rotatable bonds is 4. The van der Waals surface area contributed by atoms with Gasteiger partial charge in [0, 0.05) is 6.07 Å². The van der Waals surface area contributed by atoms with Crippen molar-refractivity contribution >= 4 is 15.7 Å². The summed E-state index contributed by atoms with van der Waals surface area (Å²) >= 11 is 0. The van der Waals surface area contributed by atoms with Crippen LogP contribution < -0.4 is 9.88 Å². The molecule has 0 saturated carbocycles. The lowest BCUT2D eigenvalue weighted by molar-refractivity contribution is -0.386. The zero-order valence-corrected chi connectivity index (χ0v) is 9.65. The van der Waals surface area contributed by atoms with Gasteiger partial charge in [-0.25, -0.2) is 27.3 Å². The van der Waals surface area contributed by atoms with Gasteiger partial charge in [0.15, 0.2) is 0 Å². The molecule has 0 spiro atoms. The molecule has 18 heavy (non-hydrogen) atoms. The number of nitrogens with zero attached hydrogens (tertiary/aromatic N) is 2. The summed E-state index contributed by atoms with van der Waals surface area (Å²) in [5.74, 6) is -0.785. The van der Waals surface area contributed by atoms with E-state index in [1.54, 1.807) is 0 Å². The number of ether oxygens (including phenoxy) is 1. The molecule has 100 valence electrons. The van der Waals surface area contributed by atoms with E-state index in [0.29, 0.717) is 6.07 Å². The van der Waals surface area contributed by atoms with Gasteiger partial charge in [-0.2, -0.15) is 0 Å². The van der Waals surface area contributed by atoms with E-state index in [1.807, 2.05) is 0 Å². The standard InChI is InChI=1S/C7H7F2N3O5S/c1-17-5-4(12(13)14)2-3(6(8)9)11-7(5)18(10,15)16/h2,6H,1H3,(H2,10,15,16). The number of hydrogen-bond acceptors (Lipinski definition) is 6. The number of nitro groups is 1. The maximum atomic E-state index is 12.5. The van der Waals surface area contributed by atoms with Gasteiger partial charge in [-0.15, -0.1) is 0 Å². The predicted molar refractivity (Wildman–Crippen MR) is 53.8 cm³/mol. The molecule has 0 aliphatic heterocycles. The maximum Gasteiger partial charge on any atom is 0.316 e. The van der Waals surface area contributed by atoms with Crippen LogP contribution in [-0.2, 0) is 10.0 Å². The van der Waals surface area contributed by atoms with Crippen LogP contribution in [-0.4, -0.2) is 25.4 Å². The summed E-state index contributed by atoms with van der Waals surface area (Å²) in [7, 11) is -3.60. The summed E-state index contributed by atoms with van der Waals surface area (Å²) in [6.45, 7) is 0. The lowest BCUT2D eigenvalue weighted by Crippen LogP contribution is -2.17. The van der Waals surface area contributed by atoms with E-state index in [0.717, 1.165) is 7.11 Å². The minimum Gasteiger partial charge on any atom is -0.488 e. The van der Waals surface area contributed by atoms with E-state index in [-0.39, 0.29) is 0 Å². The highest BCUT2D eigenvalue weighted by atomic mass is 32.2. The zero-order valence-electron chi connectivity index (χ0n) is 8.83. The third-order valence-electron chi connectivity index (χ3n) is 1.84. The van der Waals surface area contributed by atoms with Crippen molar-refractivity contribution in [3.05, 3.63) is 21.9 Å². The van der Waals surface area contributed by atoms with E-state index < -0.39 is 43.5 Å². The smallest absolute Gasteiger partial charge is 0.316 e. The van der Waals surface area contributed by atoms with Crippen LogP contribution in [0.15, 0.2) is 11.1 Å². The van der Waals surface area contributed by atoms with Crippen molar-refractivity contribution in [3.8, 4) is 5.75 Å². The Morgan fingerprint density at radius 3 is 2.44 bits per heavy atom. The minimum atomic E-state index is -4.53. The maximum absolute atomic E-state index is 12.5. The van der Waals surface area contributed by atoms with E-state index in [2.05, 4.69) is 9.72 Å². The molecular formula is C7H7F2N3O5S. The van der Waals surface area contributed by atoms with Crippen molar-refractivity contribution in [2.75, 3.05) is 7.11 Å². The Balaban J connectivity index is 3.73. The van der Waals surface area contributed by atoms with Crippen LogP contribution in [0.5, 0.6) is 5.75 Å². The SMILES string of the molecule is COc1c([N+](=O)[O-])cc(C(F)F)nc1S(N)(=O)=O. The molecule has 0 radical (unpaired) electrons. The molecule has 0 bridgehead atoms. The van der Waals surface area contributed by atoms with E-state index in [9.17, 15) is 27.3 Å². The van der Waals surface area contributed by atoms with Crippen LogP contribution in [0, 0.1) is 10.1 Å². The van der Waals surface area contributed by atoms with Gasteiger partial charge >= 0.3 is 5.69 Å². The molecular weight excluding hydrogens is 276 g/mol. The molecule has 11 heteroatoms. The van der Waals surface area contributed by atoms with Crippen LogP contribution >= 0.6 is 0 Å². The van der Waals surface area contributed by atoms with Crippen molar-refractivity contribution in [2.24, 2.45) is 5.14 Å². The molecule has 0 fully saturated rings. The molecule has 0 aromatic carbocycles. The first-order valence-corrected chi connectivity index (χ1v) is 5.77. The number of primary sulfonamides is 1. The Labute approximate surface area is 99.6 Å². The molecule has 0 saturated heterocycles. The number of methoxy groups -OCH3 is 1. The lowest BCUT2D eigenvalue weighted by atomic mass is 10.3. The minimum absolute atomic E-state index is 0.429. The second kappa shape index (κ2) is 4.78. The van der Waals surface area contributed by atoms with Gasteiger partial charge in [0.2, 0.25) is 10.8 Å². The number of hydrogen-bond donors (Lipinski definition) is 1. The van der Waals surface area contributed by atoms with Crippen molar-refractivity contribution in [2.45, 2.75) is 11.5 Å². The number of halogens is 2. The highest BCUT2D eigenvalue weighted by Gasteiger charge is 2.30. The molecule has 1 aromatic rings.